The molecule has 1 aromatic heterocycles. The van der Waals surface area contributed by atoms with E-state index in [4.69, 9.17) is 0 Å². The van der Waals surface area contributed by atoms with Gasteiger partial charge in [0, 0.05) is 20.3 Å². The first-order chi connectivity index (χ1) is 10.9. The Morgan fingerprint density at radius 1 is 1.35 bits per heavy atom. The first-order valence-electron chi connectivity index (χ1n) is 8.11. The second-order valence-corrected chi connectivity index (χ2v) is 8.63. The highest BCUT2D eigenvalue weighted by atomic mass is 32.2. The second kappa shape index (κ2) is 8.19. The van der Waals surface area contributed by atoms with Crippen LogP contribution < -0.4 is 0 Å². The summed E-state index contributed by atoms with van der Waals surface area (Å²) in [5.74, 6) is 0.419. The number of rotatable bonds is 7. The Bertz CT molecular complexity index is 569. The van der Waals surface area contributed by atoms with Crippen molar-refractivity contribution < 1.29 is 13.5 Å². The number of aromatic nitrogens is 1. The number of sulfonamides is 1. The van der Waals surface area contributed by atoms with E-state index in [9.17, 15) is 13.5 Å². The number of nitrogens with zero attached hydrogens (tertiary/aromatic N) is 3. The number of likely N-dealkylation sites (tertiary alicyclic amines) is 1. The highest BCUT2D eigenvalue weighted by molar-refractivity contribution is 7.89. The topological polar surface area (TPSA) is 73.7 Å². The summed E-state index contributed by atoms with van der Waals surface area (Å²) in [6.45, 7) is 2.59. The molecule has 1 aliphatic heterocycles. The number of hydrogen-bond acceptors (Lipinski definition) is 5. The van der Waals surface area contributed by atoms with Crippen LogP contribution in [-0.4, -0.2) is 67.2 Å². The zero-order valence-electron chi connectivity index (χ0n) is 13.9. The van der Waals surface area contributed by atoms with Crippen molar-refractivity contribution in [2.45, 2.75) is 25.4 Å². The van der Waals surface area contributed by atoms with E-state index < -0.39 is 16.1 Å². The monoisotopic (exact) mass is 341 g/mol. The minimum atomic E-state index is -3.10. The van der Waals surface area contributed by atoms with Gasteiger partial charge in [-0.25, -0.2) is 12.7 Å². The molecule has 0 amide bonds. The summed E-state index contributed by atoms with van der Waals surface area (Å²) in [7, 11) is 0.0377. The predicted octanol–water partition coefficient (Wildman–Crippen LogP) is 1.11. The van der Waals surface area contributed by atoms with Crippen molar-refractivity contribution in [3.63, 3.8) is 0 Å². The van der Waals surface area contributed by atoms with Gasteiger partial charge in [0.15, 0.2) is 0 Å². The van der Waals surface area contributed by atoms with Gasteiger partial charge in [-0.15, -0.1) is 0 Å². The molecule has 0 aliphatic carbocycles. The largest absolute Gasteiger partial charge is 0.387 e. The molecule has 1 atom stereocenters. The number of aliphatic hydroxyl groups excluding tert-OH is 1. The van der Waals surface area contributed by atoms with Gasteiger partial charge in [-0.2, -0.15) is 0 Å². The maximum Gasteiger partial charge on any atom is 0.213 e. The molecule has 130 valence electrons. The molecule has 0 aromatic carbocycles. The molecule has 7 heteroatoms. The number of aliphatic hydroxyl groups is 1. The molecule has 0 radical (unpaired) electrons. The molecule has 2 heterocycles. The van der Waals surface area contributed by atoms with Crippen molar-refractivity contribution in [3.8, 4) is 0 Å². The smallest absolute Gasteiger partial charge is 0.213 e. The third-order valence-electron chi connectivity index (χ3n) is 4.50. The van der Waals surface area contributed by atoms with Crippen molar-refractivity contribution >= 4 is 10.0 Å². The van der Waals surface area contributed by atoms with Crippen LogP contribution in [0.15, 0.2) is 24.4 Å². The minimum absolute atomic E-state index is 0.191. The van der Waals surface area contributed by atoms with E-state index in [1.807, 2.05) is 18.2 Å². The molecular weight excluding hydrogens is 314 g/mol. The third-order valence-corrected chi connectivity index (χ3v) is 6.42. The highest BCUT2D eigenvalue weighted by Crippen LogP contribution is 2.29. The van der Waals surface area contributed by atoms with Crippen molar-refractivity contribution in [1.82, 2.24) is 14.2 Å². The molecule has 2 rings (SSSR count). The van der Waals surface area contributed by atoms with Crippen molar-refractivity contribution in [2.24, 2.45) is 5.92 Å². The Morgan fingerprint density at radius 2 is 2.04 bits per heavy atom. The Kier molecular flexibility index (Phi) is 6.52. The molecule has 0 unspecified atom stereocenters. The van der Waals surface area contributed by atoms with Crippen LogP contribution in [0.1, 0.15) is 31.1 Å². The standard InChI is InChI=1S/C16H27N3O3S/c1-18(2)23(21,22)13-5-10-19-11-7-14(8-12-19)16(20)15-6-3-4-9-17-15/h3-4,6,9,14,16,20H,5,7-8,10-13H2,1-2H3/t16-/m1/s1. The third kappa shape index (κ3) is 5.24. The lowest BCUT2D eigenvalue weighted by molar-refractivity contribution is 0.0561. The van der Waals surface area contributed by atoms with Gasteiger partial charge in [-0.3, -0.25) is 4.98 Å². The van der Waals surface area contributed by atoms with E-state index in [-0.39, 0.29) is 11.7 Å². The summed E-state index contributed by atoms with van der Waals surface area (Å²) in [4.78, 5) is 6.52. The molecule has 0 saturated carbocycles. The van der Waals surface area contributed by atoms with Crippen LogP contribution in [0.25, 0.3) is 0 Å². The fraction of sp³-hybridized carbons (Fsp3) is 0.688. The van der Waals surface area contributed by atoms with E-state index in [0.29, 0.717) is 6.42 Å². The van der Waals surface area contributed by atoms with Crippen LogP contribution in [0.3, 0.4) is 0 Å². The van der Waals surface area contributed by atoms with E-state index in [1.54, 1.807) is 20.3 Å². The molecule has 1 aromatic rings. The van der Waals surface area contributed by atoms with Crippen molar-refractivity contribution in [2.75, 3.05) is 39.5 Å². The van der Waals surface area contributed by atoms with Crippen LogP contribution >= 0.6 is 0 Å². The summed E-state index contributed by atoms with van der Waals surface area (Å²) in [5.41, 5.74) is 0.739. The lowest BCUT2D eigenvalue weighted by Gasteiger charge is -2.34. The average Bonchev–Trinajstić information content (AvgIpc) is 2.55. The van der Waals surface area contributed by atoms with Crippen LogP contribution in [0.2, 0.25) is 0 Å². The van der Waals surface area contributed by atoms with Gasteiger partial charge in [0.1, 0.15) is 0 Å². The Balaban J connectivity index is 1.74. The van der Waals surface area contributed by atoms with Gasteiger partial charge in [0.2, 0.25) is 10.0 Å². The van der Waals surface area contributed by atoms with Gasteiger partial charge in [-0.05, 0) is 56.9 Å². The summed E-state index contributed by atoms with van der Waals surface area (Å²) in [6.07, 6.45) is 3.68. The lowest BCUT2D eigenvalue weighted by atomic mass is 9.89. The van der Waals surface area contributed by atoms with Crippen molar-refractivity contribution in [3.05, 3.63) is 30.1 Å². The van der Waals surface area contributed by atoms with Crippen LogP contribution in [-0.2, 0) is 10.0 Å². The Labute approximate surface area is 139 Å². The molecule has 6 nitrogen and oxygen atoms in total. The first kappa shape index (κ1) is 18.3. The second-order valence-electron chi connectivity index (χ2n) is 6.33. The fourth-order valence-electron chi connectivity index (χ4n) is 2.94. The summed E-state index contributed by atoms with van der Waals surface area (Å²) in [6, 6.07) is 5.61. The molecule has 1 fully saturated rings. The quantitative estimate of drug-likeness (QED) is 0.804. The Morgan fingerprint density at radius 3 is 2.61 bits per heavy atom. The van der Waals surface area contributed by atoms with E-state index in [0.717, 1.165) is 38.2 Å². The molecular formula is C16H27N3O3S. The van der Waals surface area contributed by atoms with Gasteiger partial charge in [0.25, 0.3) is 0 Å². The van der Waals surface area contributed by atoms with E-state index >= 15 is 0 Å². The van der Waals surface area contributed by atoms with Crippen LogP contribution in [0, 0.1) is 5.92 Å². The summed E-state index contributed by atoms with van der Waals surface area (Å²) >= 11 is 0. The Hall–Kier alpha value is -1.02. The molecule has 1 aliphatic rings. The average molecular weight is 341 g/mol. The van der Waals surface area contributed by atoms with E-state index in [1.165, 1.54) is 4.31 Å². The number of hydrogen-bond donors (Lipinski definition) is 1. The molecule has 1 saturated heterocycles. The van der Waals surface area contributed by atoms with Gasteiger partial charge >= 0.3 is 0 Å². The minimum Gasteiger partial charge on any atom is -0.387 e. The maximum absolute atomic E-state index is 11.7. The number of piperidine rings is 1. The lowest BCUT2D eigenvalue weighted by Crippen LogP contribution is -2.37. The molecule has 23 heavy (non-hydrogen) atoms. The highest BCUT2D eigenvalue weighted by Gasteiger charge is 2.27. The molecule has 1 N–H and O–H groups in total. The SMILES string of the molecule is CN(C)S(=O)(=O)CCCN1CCC([C@@H](O)c2ccccn2)CC1. The van der Waals surface area contributed by atoms with E-state index in [2.05, 4.69) is 9.88 Å². The maximum atomic E-state index is 11.7. The van der Waals surface area contributed by atoms with Gasteiger partial charge in [-0.1, -0.05) is 6.07 Å². The number of pyridine rings is 1. The fourth-order valence-corrected chi connectivity index (χ4v) is 3.80. The van der Waals surface area contributed by atoms with Crippen LogP contribution in [0.4, 0.5) is 0 Å². The van der Waals surface area contributed by atoms with Crippen molar-refractivity contribution in [1.29, 1.82) is 0 Å². The van der Waals surface area contributed by atoms with Gasteiger partial charge < -0.3 is 10.0 Å². The summed E-state index contributed by atoms with van der Waals surface area (Å²) in [5, 5.41) is 10.4. The zero-order valence-corrected chi connectivity index (χ0v) is 14.7. The molecule has 0 spiro atoms. The normalized spacial score (nSPS) is 19.1. The summed E-state index contributed by atoms with van der Waals surface area (Å²) < 4.78 is 24.8. The van der Waals surface area contributed by atoms with Gasteiger partial charge in [0.05, 0.1) is 17.6 Å². The first-order valence-corrected chi connectivity index (χ1v) is 9.72. The molecule has 0 bridgehead atoms. The van der Waals surface area contributed by atoms with Crippen LogP contribution in [0.5, 0.6) is 0 Å². The zero-order chi connectivity index (χ0) is 16.9. The predicted molar refractivity (Wildman–Crippen MR) is 90.5 cm³/mol.